The van der Waals surface area contributed by atoms with Crippen LogP contribution in [0, 0.1) is 0 Å². The lowest BCUT2D eigenvalue weighted by Gasteiger charge is -1.98. The molecule has 0 saturated carbocycles. The van der Waals surface area contributed by atoms with Crippen LogP contribution < -0.4 is 5.73 Å². The average molecular weight is 319 g/mol. The molecule has 0 aliphatic rings. The molecule has 0 spiro atoms. The number of nitrogen functional groups attached to an aromatic ring is 1. The minimum Gasteiger partial charge on any atom is -0.380 e. The molecule has 0 radical (unpaired) electrons. The first-order chi connectivity index (χ1) is 11.3. The van der Waals surface area contributed by atoms with E-state index in [2.05, 4.69) is 37.9 Å². The molecular weight excluding hydrogens is 306 g/mol. The maximum Gasteiger partial charge on any atom is 0.173 e. The lowest BCUT2D eigenvalue weighted by atomic mass is 10.1. The van der Waals surface area contributed by atoms with E-state index in [1.165, 1.54) is 4.70 Å². The number of hydrogen-bond acceptors (Lipinski definition) is 5. The number of hydrogen-bond donors (Lipinski definition) is 2. The van der Waals surface area contributed by atoms with Crippen molar-refractivity contribution >= 4 is 38.6 Å². The first-order valence-electron chi connectivity index (χ1n) is 7.10. The number of anilines is 1. The molecule has 0 saturated heterocycles. The van der Waals surface area contributed by atoms with Crippen molar-refractivity contribution in [1.29, 1.82) is 0 Å². The van der Waals surface area contributed by atoms with Gasteiger partial charge in [-0.3, -0.25) is 5.10 Å². The summed E-state index contributed by atoms with van der Waals surface area (Å²) in [7, 11) is 0. The Morgan fingerprint density at radius 1 is 0.957 bits per heavy atom. The Kier molecular flexibility index (Phi) is 3.36. The van der Waals surface area contributed by atoms with Gasteiger partial charge >= 0.3 is 0 Å². The number of thiophene rings is 1. The standard InChI is InChI=1S/C17H13N5S/c18-17-16(21-19-11-6-2-1-3-7-11)15(20-22-17)13-10-23-14-9-5-4-8-12(13)14/h1-10H,(H3,18,20,22). The third-order valence-electron chi connectivity index (χ3n) is 3.54. The zero-order chi connectivity index (χ0) is 15.6. The Morgan fingerprint density at radius 2 is 1.74 bits per heavy atom. The van der Waals surface area contributed by atoms with E-state index in [4.69, 9.17) is 5.73 Å². The number of aromatic nitrogens is 2. The second-order valence-corrected chi connectivity index (χ2v) is 5.92. The fraction of sp³-hybridized carbons (Fsp3) is 0. The van der Waals surface area contributed by atoms with E-state index in [1.807, 2.05) is 42.5 Å². The molecule has 6 heteroatoms. The van der Waals surface area contributed by atoms with Crippen molar-refractivity contribution in [2.24, 2.45) is 10.2 Å². The number of nitrogens with one attached hydrogen (secondary N) is 1. The zero-order valence-electron chi connectivity index (χ0n) is 12.1. The Balaban J connectivity index is 1.81. The Bertz CT molecular complexity index is 985. The number of benzene rings is 2. The zero-order valence-corrected chi connectivity index (χ0v) is 12.9. The van der Waals surface area contributed by atoms with Crippen LogP contribution in [0.15, 0.2) is 70.2 Å². The number of nitrogens with zero attached hydrogens (tertiary/aromatic N) is 3. The predicted octanol–water partition coefficient (Wildman–Crippen LogP) is 5.29. The van der Waals surface area contributed by atoms with Crippen LogP contribution in [-0.2, 0) is 0 Å². The number of rotatable bonds is 3. The van der Waals surface area contributed by atoms with Crippen LogP contribution in [0.4, 0.5) is 17.2 Å². The highest BCUT2D eigenvalue weighted by molar-refractivity contribution is 7.17. The molecule has 2 aromatic carbocycles. The van der Waals surface area contributed by atoms with Crippen molar-refractivity contribution in [3.05, 3.63) is 60.0 Å². The molecule has 4 rings (SSSR count). The van der Waals surface area contributed by atoms with Crippen molar-refractivity contribution in [2.45, 2.75) is 0 Å². The highest BCUT2D eigenvalue weighted by atomic mass is 32.1. The molecule has 23 heavy (non-hydrogen) atoms. The minimum atomic E-state index is 0.343. The van der Waals surface area contributed by atoms with Gasteiger partial charge in [-0.1, -0.05) is 36.4 Å². The smallest absolute Gasteiger partial charge is 0.173 e. The fourth-order valence-corrected chi connectivity index (χ4v) is 3.36. The summed E-state index contributed by atoms with van der Waals surface area (Å²) in [6.45, 7) is 0. The third-order valence-corrected chi connectivity index (χ3v) is 4.50. The Morgan fingerprint density at radius 3 is 2.61 bits per heavy atom. The van der Waals surface area contributed by atoms with Crippen molar-refractivity contribution in [3.8, 4) is 11.3 Å². The predicted molar refractivity (Wildman–Crippen MR) is 94.4 cm³/mol. The van der Waals surface area contributed by atoms with Crippen LogP contribution in [0.3, 0.4) is 0 Å². The minimum absolute atomic E-state index is 0.343. The summed E-state index contributed by atoms with van der Waals surface area (Å²) < 4.78 is 1.21. The Labute approximate surface area is 136 Å². The van der Waals surface area contributed by atoms with E-state index in [1.54, 1.807) is 11.3 Å². The van der Waals surface area contributed by atoms with Crippen LogP contribution in [0.1, 0.15) is 0 Å². The molecule has 0 amide bonds. The van der Waals surface area contributed by atoms with Gasteiger partial charge in [-0.05, 0) is 18.2 Å². The summed E-state index contributed by atoms with van der Waals surface area (Å²) in [5, 5.41) is 18.9. The maximum absolute atomic E-state index is 5.96. The first-order valence-corrected chi connectivity index (χ1v) is 7.98. The average Bonchev–Trinajstić information content (AvgIpc) is 3.17. The van der Waals surface area contributed by atoms with E-state index in [-0.39, 0.29) is 0 Å². The van der Waals surface area contributed by atoms with Crippen molar-refractivity contribution in [2.75, 3.05) is 5.73 Å². The molecule has 112 valence electrons. The normalized spacial score (nSPS) is 11.5. The molecule has 2 heterocycles. The van der Waals surface area contributed by atoms with E-state index < -0.39 is 0 Å². The van der Waals surface area contributed by atoms with Crippen molar-refractivity contribution in [3.63, 3.8) is 0 Å². The first kappa shape index (κ1) is 13.7. The van der Waals surface area contributed by atoms with Gasteiger partial charge in [-0.15, -0.1) is 16.5 Å². The molecule has 0 unspecified atom stereocenters. The lowest BCUT2D eigenvalue weighted by Crippen LogP contribution is -1.83. The summed E-state index contributed by atoms with van der Waals surface area (Å²) in [5.41, 5.74) is 9.13. The number of H-pyrrole nitrogens is 1. The number of nitrogens with two attached hydrogens (primary N) is 1. The van der Waals surface area contributed by atoms with Crippen LogP contribution >= 0.6 is 11.3 Å². The Hall–Kier alpha value is -2.99. The second-order valence-electron chi connectivity index (χ2n) is 5.01. The van der Waals surface area contributed by atoms with E-state index in [0.29, 0.717) is 11.5 Å². The van der Waals surface area contributed by atoms with Crippen LogP contribution in [0.5, 0.6) is 0 Å². The van der Waals surface area contributed by atoms with Gasteiger partial charge in [0.25, 0.3) is 0 Å². The highest BCUT2D eigenvalue weighted by Crippen LogP contribution is 2.40. The maximum atomic E-state index is 5.96. The molecular formula is C17H13N5S. The van der Waals surface area contributed by atoms with E-state index in [0.717, 1.165) is 22.3 Å². The van der Waals surface area contributed by atoms with Crippen molar-refractivity contribution < 1.29 is 0 Å². The lowest BCUT2D eigenvalue weighted by molar-refractivity contribution is 1.10. The third kappa shape index (κ3) is 2.49. The second kappa shape index (κ2) is 5.66. The van der Waals surface area contributed by atoms with Gasteiger partial charge < -0.3 is 5.73 Å². The summed E-state index contributed by atoms with van der Waals surface area (Å²) in [4.78, 5) is 0. The number of aromatic amines is 1. The van der Waals surface area contributed by atoms with E-state index >= 15 is 0 Å². The molecule has 2 aromatic heterocycles. The van der Waals surface area contributed by atoms with Gasteiger partial charge in [0.05, 0.1) is 11.4 Å². The van der Waals surface area contributed by atoms with Gasteiger partial charge in [-0.25, -0.2) is 0 Å². The van der Waals surface area contributed by atoms with Crippen LogP contribution in [0.25, 0.3) is 21.3 Å². The molecule has 5 nitrogen and oxygen atoms in total. The molecule has 4 aromatic rings. The molecule has 0 bridgehead atoms. The van der Waals surface area contributed by atoms with Gasteiger partial charge in [0.2, 0.25) is 0 Å². The molecule has 3 N–H and O–H groups in total. The summed E-state index contributed by atoms with van der Waals surface area (Å²) in [5.74, 6) is 0.343. The topological polar surface area (TPSA) is 79.4 Å². The fourth-order valence-electron chi connectivity index (χ4n) is 2.41. The SMILES string of the molecule is Nc1n[nH]c(-c2csc3ccccc23)c1N=Nc1ccccc1. The van der Waals surface area contributed by atoms with Crippen LogP contribution in [0.2, 0.25) is 0 Å². The summed E-state index contributed by atoms with van der Waals surface area (Å²) in [6, 6.07) is 17.8. The summed E-state index contributed by atoms with van der Waals surface area (Å²) in [6.07, 6.45) is 0. The summed E-state index contributed by atoms with van der Waals surface area (Å²) >= 11 is 1.68. The van der Waals surface area contributed by atoms with Gasteiger partial charge in [0.15, 0.2) is 11.5 Å². The van der Waals surface area contributed by atoms with E-state index in [9.17, 15) is 0 Å². The monoisotopic (exact) mass is 319 g/mol. The van der Waals surface area contributed by atoms with Gasteiger partial charge in [0, 0.05) is 21.0 Å². The number of azo groups is 1. The molecule has 0 aliphatic heterocycles. The van der Waals surface area contributed by atoms with Crippen LogP contribution in [-0.4, -0.2) is 10.2 Å². The van der Waals surface area contributed by atoms with Gasteiger partial charge in [0.1, 0.15) is 0 Å². The van der Waals surface area contributed by atoms with Gasteiger partial charge in [-0.2, -0.15) is 10.2 Å². The quantitative estimate of drug-likeness (QED) is 0.503. The largest absolute Gasteiger partial charge is 0.380 e. The molecule has 0 atom stereocenters. The highest BCUT2D eigenvalue weighted by Gasteiger charge is 2.16. The molecule has 0 fully saturated rings. The number of fused-ring (bicyclic) bond motifs is 1. The van der Waals surface area contributed by atoms with Crippen molar-refractivity contribution in [1.82, 2.24) is 10.2 Å². The molecule has 0 aliphatic carbocycles.